The average Bonchev–Trinajstić information content (AvgIpc) is 3.07. The summed E-state index contributed by atoms with van der Waals surface area (Å²) in [5.41, 5.74) is 1.10. The summed E-state index contributed by atoms with van der Waals surface area (Å²) in [5.74, 6) is -0.516. The van der Waals surface area contributed by atoms with E-state index in [1.165, 1.54) is 18.2 Å². The SMILES string of the molecule is C[C@H](Sc1nnc(-c2cccnc2)o1)C(=O)Nc1ccc(F)c(Cl)c1. The van der Waals surface area contributed by atoms with Gasteiger partial charge in [-0.25, -0.2) is 4.39 Å². The first-order valence-corrected chi connectivity index (χ1v) is 8.45. The van der Waals surface area contributed by atoms with Crippen molar-refractivity contribution in [3.8, 4) is 11.5 Å². The zero-order valence-corrected chi connectivity index (χ0v) is 14.5. The molecule has 0 aliphatic heterocycles. The normalized spacial score (nSPS) is 12.0. The van der Waals surface area contributed by atoms with Gasteiger partial charge in [-0.2, -0.15) is 0 Å². The Hall–Kier alpha value is -2.45. The molecule has 2 aromatic heterocycles. The second-order valence-electron chi connectivity index (χ2n) is 4.99. The van der Waals surface area contributed by atoms with E-state index >= 15 is 0 Å². The van der Waals surface area contributed by atoms with Gasteiger partial charge in [-0.15, -0.1) is 10.2 Å². The number of thioether (sulfide) groups is 1. The summed E-state index contributed by atoms with van der Waals surface area (Å²) in [7, 11) is 0. The molecule has 0 aliphatic rings. The van der Waals surface area contributed by atoms with Crippen LogP contribution in [0, 0.1) is 5.82 Å². The summed E-state index contributed by atoms with van der Waals surface area (Å²) < 4.78 is 18.7. The third-order valence-corrected chi connectivity index (χ3v) is 4.37. The zero-order valence-electron chi connectivity index (χ0n) is 12.9. The number of nitrogens with one attached hydrogen (secondary N) is 1. The van der Waals surface area contributed by atoms with Crippen LogP contribution in [0.3, 0.4) is 0 Å². The summed E-state index contributed by atoms with van der Waals surface area (Å²) in [6.45, 7) is 1.69. The molecule has 0 saturated heterocycles. The predicted molar refractivity (Wildman–Crippen MR) is 92.9 cm³/mol. The molecule has 0 unspecified atom stereocenters. The fourth-order valence-corrected chi connectivity index (χ4v) is 2.75. The number of halogens is 2. The molecule has 1 atom stereocenters. The minimum atomic E-state index is -0.545. The van der Waals surface area contributed by atoms with E-state index in [1.807, 2.05) is 0 Å². The van der Waals surface area contributed by atoms with Crippen LogP contribution in [0.25, 0.3) is 11.5 Å². The molecular formula is C16H12ClFN4O2S. The van der Waals surface area contributed by atoms with E-state index in [2.05, 4.69) is 20.5 Å². The monoisotopic (exact) mass is 378 g/mol. The van der Waals surface area contributed by atoms with Crippen LogP contribution in [-0.2, 0) is 4.79 Å². The first-order valence-electron chi connectivity index (χ1n) is 7.19. The number of hydrogen-bond acceptors (Lipinski definition) is 6. The molecular weight excluding hydrogens is 367 g/mol. The lowest BCUT2D eigenvalue weighted by Crippen LogP contribution is -2.22. The van der Waals surface area contributed by atoms with Gasteiger partial charge < -0.3 is 9.73 Å². The Morgan fingerprint density at radius 3 is 2.92 bits per heavy atom. The highest BCUT2D eigenvalue weighted by molar-refractivity contribution is 8.00. The minimum absolute atomic E-state index is 0.0591. The van der Waals surface area contributed by atoms with Crippen molar-refractivity contribution in [1.29, 1.82) is 0 Å². The van der Waals surface area contributed by atoms with E-state index in [9.17, 15) is 9.18 Å². The predicted octanol–water partition coefficient (Wildman–Crippen LogP) is 4.04. The first-order chi connectivity index (χ1) is 12.0. The van der Waals surface area contributed by atoms with Gasteiger partial charge in [-0.3, -0.25) is 9.78 Å². The van der Waals surface area contributed by atoms with Gasteiger partial charge in [-0.1, -0.05) is 23.4 Å². The molecule has 0 fully saturated rings. The molecule has 6 nitrogen and oxygen atoms in total. The largest absolute Gasteiger partial charge is 0.411 e. The van der Waals surface area contributed by atoms with Crippen LogP contribution in [0.4, 0.5) is 10.1 Å². The van der Waals surface area contributed by atoms with Crippen molar-refractivity contribution in [3.63, 3.8) is 0 Å². The molecule has 25 heavy (non-hydrogen) atoms. The van der Waals surface area contributed by atoms with E-state index < -0.39 is 11.1 Å². The number of aromatic nitrogens is 3. The number of anilines is 1. The lowest BCUT2D eigenvalue weighted by Gasteiger charge is -2.10. The number of rotatable bonds is 5. The van der Waals surface area contributed by atoms with Crippen LogP contribution in [0.15, 0.2) is 52.4 Å². The Labute approximate surface area is 151 Å². The zero-order chi connectivity index (χ0) is 17.8. The first kappa shape index (κ1) is 17.4. The molecule has 3 rings (SSSR count). The fourth-order valence-electron chi connectivity index (χ4n) is 1.89. The van der Waals surface area contributed by atoms with E-state index in [0.29, 0.717) is 17.1 Å². The highest BCUT2D eigenvalue weighted by atomic mass is 35.5. The topological polar surface area (TPSA) is 80.9 Å². The van der Waals surface area contributed by atoms with Gasteiger partial charge in [0.15, 0.2) is 0 Å². The van der Waals surface area contributed by atoms with E-state index in [1.54, 1.807) is 31.5 Å². The average molecular weight is 379 g/mol. The maximum absolute atomic E-state index is 13.1. The van der Waals surface area contributed by atoms with Crippen molar-refractivity contribution in [2.45, 2.75) is 17.4 Å². The van der Waals surface area contributed by atoms with Gasteiger partial charge in [0.1, 0.15) is 5.82 Å². The van der Waals surface area contributed by atoms with Crippen LogP contribution in [0.1, 0.15) is 6.92 Å². The Morgan fingerprint density at radius 2 is 2.20 bits per heavy atom. The number of carbonyl (C=O) groups is 1. The Kier molecular flexibility index (Phi) is 5.30. The second kappa shape index (κ2) is 7.62. The summed E-state index contributed by atoms with van der Waals surface area (Å²) in [6, 6.07) is 7.52. The minimum Gasteiger partial charge on any atom is -0.411 e. The van der Waals surface area contributed by atoms with Gasteiger partial charge in [0.2, 0.25) is 11.8 Å². The van der Waals surface area contributed by atoms with Crippen molar-refractivity contribution in [2.24, 2.45) is 0 Å². The molecule has 0 bridgehead atoms. The van der Waals surface area contributed by atoms with Crippen LogP contribution < -0.4 is 5.32 Å². The Balaban J connectivity index is 1.63. The molecule has 128 valence electrons. The molecule has 0 spiro atoms. The smallest absolute Gasteiger partial charge is 0.277 e. The van der Waals surface area contributed by atoms with Crippen LogP contribution in [0.2, 0.25) is 5.02 Å². The van der Waals surface area contributed by atoms with Crippen molar-refractivity contribution in [3.05, 3.63) is 53.6 Å². The molecule has 1 N–H and O–H groups in total. The number of carbonyl (C=O) groups excluding carboxylic acids is 1. The quantitative estimate of drug-likeness (QED) is 0.675. The summed E-state index contributed by atoms with van der Waals surface area (Å²) in [5, 5.41) is 10.2. The third kappa shape index (κ3) is 4.34. The fraction of sp³-hybridized carbons (Fsp3) is 0.125. The van der Waals surface area contributed by atoms with Gasteiger partial charge in [0, 0.05) is 18.1 Å². The van der Waals surface area contributed by atoms with Gasteiger partial charge >= 0.3 is 0 Å². The standard InChI is InChI=1S/C16H12ClFN4O2S/c1-9(14(23)20-11-4-5-13(18)12(17)7-11)25-16-22-21-15(24-16)10-3-2-6-19-8-10/h2-9H,1H3,(H,20,23)/t9-/m0/s1. The van der Waals surface area contributed by atoms with Gasteiger partial charge in [-0.05, 0) is 37.3 Å². The van der Waals surface area contributed by atoms with Gasteiger partial charge in [0.25, 0.3) is 5.22 Å². The van der Waals surface area contributed by atoms with Crippen LogP contribution >= 0.6 is 23.4 Å². The summed E-state index contributed by atoms with van der Waals surface area (Å²) in [4.78, 5) is 16.2. The second-order valence-corrected chi connectivity index (χ2v) is 6.69. The van der Waals surface area contributed by atoms with Crippen LogP contribution in [0.5, 0.6) is 0 Å². The van der Waals surface area contributed by atoms with Gasteiger partial charge in [0.05, 0.1) is 15.8 Å². The lowest BCUT2D eigenvalue weighted by molar-refractivity contribution is -0.115. The highest BCUT2D eigenvalue weighted by Gasteiger charge is 2.19. The number of pyridine rings is 1. The van der Waals surface area contributed by atoms with E-state index in [0.717, 1.165) is 11.8 Å². The molecule has 2 heterocycles. The number of hydrogen-bond donors (Lipinski definition) is 1. The van der Waals surface area contributed by atoms with Crippen molar-refractivity contribution in [2.75, 3.05) is 5.32 Å². The third-order valence-electron chi connectivity index (χ3n) is 3.15. The molecule has 3 aromatic rings. The van der Waals surface area contributed by atoms with Crippen molar-refractivity contribution in [1.82, 2.24) is 15.2 Å². The molecule has 1 aromatic carbocycles. The number of benzene rings is 1. The number of nitrogens with zero attached hydrogens (tertiary/aromatic N) is 3. The van der Waals surface area contributed by atoms with Crippen molar-refractivity contribution < 1.29 is 13.6 Å². The van der Waals surface area contributed by atoms with Crippen molar-refractivity contribution >= 4 is 35.0 Å². The lowest BCUT2D eigenvalue weighted by atomic mass is 10.3. The summed E-state index contributed by atoms with van der Waals surface area (Å²) in [6.07, 6.45) is 3.25. The maximum atomic E-state index is 13.1. The molecule has 0 saturated carbocycles. The Morgan fingerprint density at radius 1 is 1.36 bits per heavy atom. The maximum Gasteiger partial charge on any atom is 0.277 e. The molecule has 9 heteroatoms. The van der Waals surface area contributed by atoms with E-state index in [4.69, 9.17) is 16.0 Å². The summed E-state index contributed by atoms with van der Waals surface area (Å²) >= 11 is 6.81. The Bertz CT molecular complexity index is 891. The van der Waals surface area contributed by atoms with E-state index in [-0.39, 0.29) is 16.2 Å². The molecule has 0 aliphatic carbocycles. The highest BCUT2D eigenvalue weighted by Crippen LogP contribution is 2.27. The number of amides is 1. The molecule has 1 amide bonds. The van der Waals surface area contributed by atoms with Crippen LogP contribution in [-0.4, -0.2) is 26.3 Å². The molecule has 0 radical (unpaired) electrons.